The lowest BCUT2D eigenvalue weighted by atomic mass is 9.81. The fraction of sp³-hybridized carbons (Fsp3) is 1.00. The van der Waals surface area contributed by atoms with Crippen LogP contribution in [-0.2, 0) is 0 Å². The molecular weight excluding hydrogens is 220 g/mol. The van der Waals surface area contributed by atoms with Gasteiger partial charge in [-0.3, -0.25) is 0 Å². The van der Waals surface area contributed by atoms with E-state index in [1.54, 1.807) is 0 Å². The maximum atomic E-state index is 3.69. The Morgan fingerprint density at radius 1 is 1.06 bits per heavy atom. The summed E-state index contributed by atoms with van der Waals surface area (Å²) in [5.74, 6) is 0.756. The second-order valence-electron chi connectivity index (χ2n) is 6.57. The number of hydrogen-bond donors (Lipinski definition) is 1. The van der Waals surface area contributed by atoms with Gasteiger partial charge in [0.2, 0.25) is 0 Å². The van der Waals surface area contributed by atoms with Gasteiger partial charge in [0.25, 0.3) is 0 Å². The number of nitrogens with zero attached hydrogens (tertiary/aromatic N) is 1. The van der Waals surface area contributed by atoms with Crippen molar-refractivity contribution in [3.8, 4) is 0 Å². The van der Waals surface area contributed by atoms with Crippen molar-refractivity contribution < 1.29 is 0 Å². The molecule has 1 fully saturated rings. The second-order valence-corrected chi connectivity index (χ2v) is 6.57. The van der Waals surface area contributed by atoms with Crippen LogP contribution in [0.4, 0.5) is 0 Å². The molecule has 1 saturated heterocycles. The van der Waals surface area contributed by atoms with E-state index in [9.17, 15) is 0 Å². The van der Waals surface area contributed by atoms with Crippen molar-refractivity contribution in [2.24, 2.45) is 11.3 Å². The third kappa shape index (κ3) is 5.27. The van der Waals surface area contributed by atoms with E-state index in [-0.39, 0.29) is 0 Å². The van der Waals surface area contributed by atoms with E-state index in [2.05, 4.69) is 37.9 Å². The molecule has 0 aliphatic carbocycles. The van der Waals surface area contributed by atoms with Crippen LogP contribution in [0.2, 0.25) is 0 Å². The van der Waals surface area contributed by atoms with Crippen molar-refractivity contribution in [3.05, 3.63) is 0 Å². The fourth-order valence-electron chi connectivity index (χ4n) is 3.00. The topological polar surface area (TPSA) is 15.3 Å². The molecule has 1 aliphatic rings. The van der Waals surface area contributed by atoms with Gasteiger partial charge in [-0.1, -0.05) is 34.1 Å². The van der Waals surface area contributed by atoms with Gasteiger partial charge in [-0.25, -0.2) is 0 Å². The lowest BCUT2D eigenvalue weighted by molar-refractivity contribution is 0.116. The molecule has 0 aromatic heterocycles. The summed E-state index contributed by atoms with van der Waals surface area (Å²) in [7, 11) is 0. The molecule has 0 saturated carbocycles. The number of likely N-dealkylation sites (tertiary alicyclic amines) is 1. The zero-order valence-electron chi connectivity index (χ0n) is 13.1. The van der Waals surface area contributed by atoms with E-state index < -0.39 is 0 Å². The summed E-state index contributed by atoms with van der Waals surface area (Å²) in [6, 6.07) is 0. The van der Waals surface area contributed by atoms with Gasteiger partial charge >= 0.3 is 0 Å². The first-order chi connectivity index (χ1) is 8.62. The SMILES string of the molecule is CCC(CC)(CNCC(C)C)CN1CCCCC1. The van der Waals surface area contributed by atoms with Crippen molar-refractivity contribution in [1.29, 1.82) is 0 Å². The molecule has 1 aliphatic heterocycles. The van der Waals surface area contributed by atoms with E-state index in [1.807, 2.05) is 0 Å². The molecule has 0 atom stereocenters. The predicted molar refractivity (Wildman–Crippen MR) is 81.0 cm³/mol. The average molecular weight is 254 g/mol. The summed E-state index contributed by atoms with van der Waals surface area (Å²) in [6.45, 7) is 15.6. The van der Waals surface area contributed by atoms with Crippen LogP contribution in [0, 0.1) is 11.3 Å². The normalized spacial score (nSPS) is 18.5. The minimum absolute atomic E-state index is 0.492. The molecule has 1 heterocycles. The highest BCUT2D eigenvalue weighted by atomic mass is 15.1. The zero-order chi connectivity index (χ0) is 13.4. The Morgan fingerprint density at radius 3 is 2.17 bits per heavy atom. The third-order valence-electron chi connectivity index (χ3n) is 4.56. The van der Waals surface area contributed by atoms with Gasteiger partial charge in [-0.05, 0) is 56.7 Å². The Balaban J connectivity index is 2.44. The monoisotopic (exact) mass is 254 g/mol. The number of rotatable bonds is 8. The molecule has 0 aromatic rings. The van der Waals surface area contributed by atoms with Crippen LogP contribution in [-0.4, -0.2) is 37.6 Å². The van der Waals surface area contributed by atoms with Crippen LogP contribution in [0.5, 0.6) is 0 Å². The summed E-state index contributed by atoms with van der Waals surface area (Å²) < 4.78 is 0. The number of nitrogens with one attached hydrogen (secondary N) is 1. The number of piperidine rings is 1. The van der Waals surface area contributed by atoms with Gasteiger partial charge in [0.15, 0.2) is 0 Å². The highest BCUT2D eigenvalue weighted by Crippen LogP contribution is 2.28. The van der Waals surface area contributed by atoms with Crippen molar-refractivity contribution in [3.63, 3.8) is 0 Å². The number of hydrogen-bond acceptors (Lipinski definition) is 2. The Labute approximate surface area is 115 Å². The van der Waals surface area contributed by atoms with Gasteiger partial charge in [-0.2, -0.15) is 0 Å². The third-order valence-corrected chi connectivity index (χ3v) is 4.56. The average Bonchev–Trinajstić information content (AvgIpc) is 2.38. The standard InChI is InChI=1S/C16H34N2/c1-5-16(6-2,13-17-12-15(3)4)14-18-10-8-7-9-11-18/h15,17H,5-14H2,1-4H3. The Hall–Kier alpha value is -0.0800. The molecular formula is C16H34N2. The quantitative estimate of drug-likeness (QED) is 0.713. The summed E-state index contributed by atoms with van der Waals surface area (Å²) in [6.07, 6.45) is 6.84. The molecule has 0 unspecified atom stereocenters. The Bertz CT molecular complexity index is 203. The lowest BCUT2D eigenvalue weighted by Crippen LogP contribution is -2.45. The largest absolute Gasteiger partial charge is 0.316 e. The highest BCUT2D eigenvalue weighted by Gasteiger charge is 2.29. The van der Waals surface area contributed by atoms with Crippen molar-refractivity contribution in [1.82, 2.24) is 10.2 Å². The van der Waals surface area contributed by atoms with Crippen molar-refractivity contribution in [2.45, 2.75) is 59.8 Å². The molecule has 108 valence electrons. The van der Waals surface area contributed by atoms with Crippen LogP contribution in [0.1, 0.15) is 59.8 Å². The van der Waals surface area contributed by atoms with E-state index in [0.29, 0.717) is 5.41 Å². The fourth-order valence-corrected chi connectivity index (χ4v) is 3.00. The molecule has 2 nitrogen and oxygen atoms in total. The van der Waals surface area contributed by atoms with E-state index in [1.165, 1.54) is 58.3 Å². The van der Waals surface area contributed by atoms with Gasteiger partial charge in [-0.15, -0.1) is 0 Å². The summed E-state index contributed by atoms with van der Waals surface area (Å²) in [5.41, 5.74) is 0.492. The molecule has 1 N–H and O–H groups in total. The van der Waals surface area contributed by atoms with Crippen molar-refractivity contribution in [2.75, 3.05) is 32.7 Å². The molecule has 18 heavy (non-hydrogen) atoms. The molecule has 2 heteroatoms. The zero-order valence-corrected chi connectivity index (χ0v) is 13.1. The maximum Gasteiger partial charge on any atom is 0.00499 e. The Morgan fingerprint density at radius 2 is 1.67 bits per heavy atom. The van der Waals surface area contributed by atoms with Crippen LogP contribution >= 0.6 is 0 Å². The van der Waals surface area contributed by atoms with Crippen LogP contribution < -0.4 is 5.32 Å². The van der Waals surface area contributed by atoms with Crippen LogP contribution in [0.3, 0.4) is 0 Å². The summed E-state index contributed by atoms with van der Waals surface area (Å²) >= 11 is 0. The van der Waals surface area contributed by atoms with Gasteiger partial charge in [0, 0.05) is 13.1 Å². The second kappa shape index (κ2) is 8.16. The minimum atomic E-state index is 0.492. The first-order valence-electron chi connectivity index (χ1n) is 8.05. The highest BCUT2D eigenvalue weighted by molar-refractivity contribution is 4.84. The summed E-state index contributed by atoms with van der Waals surface area (Å²) in [4.78, 5) is 2.70. The molecule has 0 bridgehead atoms. The summed E-state index contributed by atoms with van der Waals surface area (Å²) in [5, 5.41) is 3.69. The van der Waals surface area contributed by atoms with Gasteiger partial charge in [0.1, 0.15) is 0 Å². The molecule has 1 rings (SSSR count). The van der Waals surface area contributed by atoms with E-state index in [4.69, 9.17) is 0 Å². The van der Waals surface area contributed by atoms with E-state index >= 15 is 0 Å². The van der Waals surface area contributed by atoms with Crippen LogP contribution in [0.25, 0.3) is 0 Å². The maximum absolute atomic E-state index is 3.69. The van der Waals surface area contributed by atoms with Crippen molar-refractivity contribution >= 4 is 0 Å². The molecule has 0 aromatic carbocycles. The first-order valence-corrected chi connectivity index (χ1v) is 8.05. The Kier molecular flexibility index (Phi) is 7.25. The van der Waals surface area contributed by atoms with E-state index in [0.717, 1.165) is 12.5 Å². The minimum Gasteiger partial charge on any atom is -0.316 e. The first kappa shape index (κ1) is 16.0. The predicted octanol–water partition coefficient (Wildman–Crippen LogP) is 3.52. The van der Waals surface area contributed by atoms with Gasteiger partial charge in [0.05, 0.1) is 0 Å². The molecule has 0 amide bonds. The smallest absolute Gasteiger partial charge is 0.00499 e. The van der Waals surface area contributed by atoms with Gasteiger partial charge < -0.3 is 10.2 Å². The molecule has 0 radical (unpaired) electrons. The lowest BCUT2D eigenvalue weighted by Gasteiger charge is -2.39. The van der Waals surface area contributed by atoms with Crippen LogP contribution in [0.15, 0.2) is 0 Å². The molecule has 0 spiro atoms.